The van der Waals surface area contributed by atoms with Gasteiger partial charge in [-0.2, -0.15) is 0 Å². The zero-order valence-electron chi connectivity index (χ0n) is 33.0. The molecule has 0 bridgehead atoms. The summed E-state index contributed by atoms with van der Waals surface area (Å²) >= 11 is 0. The predicted molar refractivity (Wildman–Crippen MR) is 199 cm³/mol. The van der Waals surface area contributed by atoms with Gasteiger partial charge < -0.3 is 93.3 Å². The highest BCUT2D eigenvalue weighted by Crippen LogP contribution is 2.34. The van der Waals surface area contributed by atoms with Gasteiger partial charge >= 0.3 is 11.9 Å². The Labute approximate surface area is 343 Å². The second kappa shape index (κ2) is 21.1. The Morgan fingerprint density at radius 2 is 1.40 bits per heavy atom. The van der Waals surface area contributed by atoms with Crippen molar-refractivity contribution in [2.45, 2.75) is 112 Å². The minimum Gasteiger partial charge on any atom is -0.504 e. The number of aliphatic hydroxyl groups is 7. The molecule has 3 aliphatic rings. The molecule has 21 nitrogen and oxygen atoms in total. The lowest BCUT2D eigenvalue weighted by atomic mass is 9.96. The summed E-state index contributed by atoms with van der Waals surface area (Å²) in [7, 11) is 2.72. The van der Waals surface area contributed by atoms with E-state index in [9.17, 15) is 55.5 Å². The highest BCUT2D eigenvalue weighted by Gasteiger charge is 2.54. The first kappa shape index (κ1) is 46.9. The van der Waals surface area contributed by atoms with E-state index in [0.717, 1.165) is 13.0 Å². The molecule has 0 aliphatic carbocycles. The molecule has 9 N–H and O–H groups in total. The van der Waals surface area contributed by atoms with E-state index in [1.807, 2.05) is 0 Å². The van der Waals surface area contributed by atoms with Gasteiger partial charge in [-0.3, -0.25) is 4.79 Å². The molecule has 0 saturated carbocycles. The number of benzene rings is 2. The second-order valence-corrected chi connectivity index (χ2v) is 14.2. The number of phenols is 2. The van der Waals surface area contributed by atoms with Gasteiger partial charge in [-0.25, -0.2) is 4.79 Å². The molecule has 5 rings (SSSR count). The van der Waals surface area contributed by atoms with Crippen LogP contribution >= 0.6 is 0 Å². The van der Waals surface area contributed by atoms with E-state index in [-0.39, 0.29) is 36.0 Å². The van der Waals surface area contributed by atoms with E-state index in [1.54, 1.807) is 6.07 Å². The maximum absolute atomic E-state index is 13.5. The van der Waals surface area contributed by atoms with Crippen molar-refractivity contribution >= 4 is 18.0 Å². The van der Waals surface area contributed by atoms with Gasteiger partial charge in [0.15, 0.2) is 54.1 Å². The smallest absolute Gasteiger partial charge is 0.331 e. The van der Waals surface area contributed by atoms with Crippen molar-refractivity contribution in [1.82, 2.24) is 0 Å². The highest BCUT2D eigenvalue weighted by molar-refractivity contribution is 5.87. The Bertz CT molecular complexity index is 1760. The third-order valence-corrected chi connectivity index (χ3v) is 10.0. The van der Waals surface area contributed by atoms with Crippen LogP contribution in [-0.4, -0.2) is 184 Å². The van der Waals surface area contributed by atoms with Crippen LogP contribution in [0.15, 0.2) is 42.5 Å². The highest BCUT2D eigenvalue weighted by atomic mass is 16.8. The summed E-state index contributed by atoms with van der Waals surface area (Å²) in [6.07, 6.45) is -22.1. The fraction of sp³-hybridized carbons (Fsp3) is 0.590. The van der Waals surface area contributed by atoms with Gasteiger partial charge in [0, 0.05) is 13.0 Å². The minimum absolute atomic E-state index is 0.111. The average Bonchev–Trinajstić information content (AvgIpc) is 3.22. The van der Waals surface area contributed by atoms with E-state index in [0.29, 0.717) is 11.1 Å². The van der Waals surface area contributed by atoms with Crippen molar-refractivity contribution in [3.63, 3.8) is 0 Å². The van der Waals surface area contributed by atoms with Crippen molar-refractivity contribution in [2.75, 3.05) is 34.0 Å². The predicted octanol–water partition coefficient (Wildman–Crippen LogP) is -2.01. The maximum Gasteiger partial charge on any atom is 0.331 e. The van der Waals surface area contributed by atoms with Crippen LogP contribution in [0.5, 0.6) is 23.0 Å². The molecule has 3 fully saturated rings. The Hall–Kier alpha value is -4.20. The monoisotopic (exact) mass is 856 g/mol. The van der Waals surface area contributed by atoms with Crippen LogP contribution in [0.3, 0.4) is 0 Å². The number of hydrogen-bond acceptors (Lipinski definition) is 21. The van der Waals surface area contributed by atoms with Gasteiger partial charge in [0.2, 0.25) is 0 Å². The zero-order valence-corrected chi connectivity index (χ0v) is 33.0. The summed E-state index contributed by atoms with van der Waals surface area (Å²) in [6, 6.07) is 8.88. The molecule has 3 aliphatic heterocycles. The van der Waals surface area contributed by atoms with Crippen molar-refractivity contribution in [1.29, 1.82) is 0 Å². The molecule has 0 aromatic heterocycles. The Morgan fingerprint density at radius 1 is 0.700 bits per heavy atom. The minimum atomic E-state index is -1.86. The van der Waals surface area contributed by atoms with Crippen molar-refractivity contribution in [2.24, 2.45) is 0 Å². The molecule has 2 aromatic carbocycles. The number of rotatable bonds is 16. The number of phenolic OH excluding ortho intramolecular Hbond substituents is 2. The largest absolute Gasteiger partial charge is 0.504 e. The number of hydrogen-bond donors (Lipinski definition) is 9. The van der Waals surface area contributed by atoms with Crippen LogP contribution in [0.4, 0.5) is 0 Å². The summed E-state index contributed by atoms with van der Waals surface area (Å²) in [5.74, 6) is -1.88. The number of aromatic hydroxyl groups is 2. The molecule has 21 heteroatoms. The van der Waals surface area contributed by atoms with Gasteiger partial charge in [-0.1, -0.05) is 12.1 Å². The molecular weight excluding hydrogens is 804 g/mol. The van der Waals surface area contributed by atoms with Crippen LogP contribution in [0, 0.1) is 0 Å². The van der Waals surface area contributed by atoms with E-state index in [2.05, 4.69) is 0 Å². The number of aliphatic hydroxyl groups excluding tert-OH is 7. The molecule has 15 atom stereocenters. The Kier molecular flexibility index (Phi) is 16.4. The summed E-state index contributed by atoms with van der Waals surface area (Å²) in [6.45, 7) is 0.848. The van der Waals surface area contributed by atoms with Crippen LogP contribution < -0.4 is 9.47 Å². The fourth-order valence-electron chi connectivity index (χ4n) is 6.76. The molecule has 0 radical (unpaired) electrons. The van der Waals surface area contributed by atoms with Crippen molar-refractivity contribution in [3.05, 3.63) is 53.6 Å². The molecule has 334 valence electrons. The van der Waals surface area contributed by atoms with Gasteiger partial charge in [0.1, 0.15) is 54.9 Å². The SMILES string of the molecule is COc1ccc(CCO[C@@H]2O[C@H](CO[C@@H]3O[C@H](CO)[C@@H](O)[C@H](O)[C@H]3O)[C@@H](OC(=O)/C=C/c3ccc(O)c(OC)c3)[C@H](O[C@@H]3O[C@@H](C)[C@H](O)[C@@H](O)[C@H]3OC(C)=O)[C@H]2O)cc1O. The first-order valence-electron chi connectivity index (χ1n) is 18.9. The zero-order chi connectivity index (χ0) is 43.8. The molecule has 2 aromatic rings. The van der Waals surface area contributed by atoms with Gasteiger partial charge in [-0.05, 0) is 54.8 Å². The third-order valence-electron chi connectivity index (χ3n) is 10.0. The molecule has 0 unspecified atom stereocenters. The average molecular weight is 857 g/mol. The fourth-order valence-corrected chi connectivity index (χ4v) is 6.76. The number of carbonyl (C=O) groups is 2. The Balaban J connectivity index is 1.48. The summed E-state index contributed by atoms with van der Waals surface area (Å²) in [4.78, 5) is 25.7. The Morgan fingerprint density at radius 3 is 2.07 bits per heavy atom. The summed E-state index contributed by atoms with van der Waals surface area (Å²) < 4.78 is 56.6. The summed E-state index contributed by atoms with van der Waals surface area (Å²) in [5.41, 5.74) is 0.997. The quantitative estimate of drug-likeness (QED) is 0.0650. The number of ether oxygens (including phenoxy) is 10. The van der Waals surface area contributed by atoms with Crippen LogP contribution in [0.25, 0.3) is 6.08 Å². The van der Waals surface area contributed by atoms with Crippen LogP contribution in [0.2, 0.25) is 0 Å². The van der Waals surface area contributed by atoms with E-state index >= 15 is 0 Å². The number of methoxy groups -OCH3 is 2. The van der Waals surface area contributed by atoms with Crippen molar-refractivity contribution < 1.29 is 103 Å². The number of carbonyl (C=O) groups excluding carboxylic acids is 2. The van der Waals surface area contributed by atoms with Gasteiger partial charge in [0.25, 0.3) is 0 Å². The topological polar surface area (TPSA) is 309 Å². The standard InChI is InChI=1S/C39H52O21/c1-17-28(45)31(48)36(56-18(2)41)39(55-17)60-35-33(50)38(53-12-11-20-6-9-23(51-3)22(43)13-20)58-26(16-54-37-32(49)30(47)29(46)25(15-40)57-37)34(35)59-27(44)10-7-19-5-8-21(42)24(14-19)52-4/h5-10,13-14,17,25-26,28-40,42-43,45-50H,11-12,15-16H2,1-4H3/b10-7+/t17-,25+,26+,28-,29+,30-,31+,32+,33+,34+,35+,36+,37+,38+,39-/m0/s1. The molecule has 3 heterocycles. The van der Waals surface area contributed by atoms with E-state index in [1.165, 1.54) is 57.6 Å². The lowest BCUT2D eigenvalue weighted by molar-refractivity contribution is -0.364. The molecule has 0 amide bonds. The third kappa shape index (κ3) is 11.2. The van der Waals surface area contributed by atoms with Gasteiger partial charge in [-0.15, -0.1) is 0 Å². The maximum atomic E-state index is 13.5. The molecule has 60 heavy (non-hydrogen) atoms. The normalized spacial score (nSPS) is 34.5. The lowest BCUT2D eigenvalue weighted by Gasteiger charge is -2.47. The first-order chi connectivity index (χ1) is 28.6. The van der Waals surface area contributed by atoms with Crippen molar-refractivity contribution in [3.8, 4) is 23.0 Å². The van der Waals surface area contributed by atoms with Gasteiger partial charge in [0.05, 0.1) is 40.1 Å². The number of esters is 2. The van der Waals surface area contributed by atoms with E-state index in [4.69, 9.17) is 47.4 Å². The molecule has 3 saturated heterocycles. The first-order valence-corrected chi connectivity index (χ1v) is 18.9. The van der Waals surface area contributed by atoms with E-state index < -0.39 is 117 Å². The second-order valence-electron chi connectivity index (χ2n) is 14.2. The van der Waals surface area contributed by atoms with Crippen LogP contribution in [0.1, 0.15) is 25.0 Å². The molecule has 0 spiro atoms. The summed E-state index contributed by atoms with van der Waals surface area (Å²) in [5, 5.41) is 94.6. The van der Waals surface area contributed by atoms with Crippen LogP contribution in [-0.2, 0) is 53.9 Å². The lowest BCUT2D eigenvalue weighted by Crippen LogP contribution is -2.66. The molecular formula is C39H52O21.